The summed E-state index contributed by atoms with van der Waals surface area (Å²) >= 11 is 0. The second kappa shape index (κ2) is 10.4. The van der Waals surface area contributed by atoms with E-state index >= 15 is 0 Å². The largest absolute Gasteiger partial charge is 0.307 e. The van der Waals surface area contributed by atoms with Gasteiger partial charge in [-0.1, -0.05) is 79.4 Å². The maximum atomic E-state index is 13.4. The zero-order valence-corrected chi connectivity index (χ0v) is 21.6. The normalized spacial score (nSPS) is 12.6. The number of hydrogen-bond donors (Lipinski definition) is 0. The van der Waals surface area contributed by atoms with Crippen molar-refractivity contribution in [2.24, 2.45) is 0 Å². The Kier molecular flexibility index (Phi) is 7.09. The Labute approximate surface area is 216 Å². The third-order valence-corrected chi connectivity index (χ3v) is 8.23. The van der Waals surface area contributed by atoms with Gasteiger partial charge in [-0.3, -0.25) is 13.8 Å². The molecule has 0 amide bonds. The molecule has 1 heterocycles. The first-order valence-electron chi connectivity index (χ1n) is 12.6. The molecule has 0 spiro atoms. The van der Waals surface area contributed by atoms with Gasteiger partial charge in [0.2, 0.25) is 0 Å². The molecule has 0 bridgehead atoms. The predicted octanol–water partition coefficient (Wildman–Crippen LogP) is 5.88. The Bertz CT molecular complexity index is 1640. The van der Waals surface area contributed by atoms with Gasteiger partial charge < -0.3 is 4.57 Å². The molecule has 0 unspecified atom stereocenters. The van der Waals surface area contributed by atoms with E-state index in [1.54, 1.807) is 34.9 Å². The number of benzene rings is 3. The highest BCUT2D eigenvalue weighted by molar-refractivity contribution is 7.86. The minimum atomic E-state index is -3.73. The summed E-state index contributed by atoms with van der Waals surface area (Å²) in [5.74, 6) is -0.0314. The third-order valence-electron chi connectivity index (χ3n) is 6.91. The van der Waals surface area contributed by atoms with Crippen LogP contribution in [0.5, 0.6) is 0 Å². The van der Waals surface area contributed by atoms with E-state index in [0.29, 0.717) is 34.9 Å². The third kappa shape index (κ3) is 4.89. The topological polar surface area (TPSA) is 82.4 Å². The molecule has 0 aliphatic heterocycles. The van der Waals surface area contributed by atoms with E-state index in [9.17, 15) is 18.0 Å². The van der Waals surface area contributed by atoms with Crippen molar-refractivity contribution in [1.82, 2.24) is 4.57 Å². The van der Waals surface area contributed by atoms with Crippen molar-refractivity contribution in [3.63, 3.8) is 0 Å². The summed E-state index contributed by atoms with van der Waals surface area (Å²) in [6.07, 6.45) is 4.03. The average Bonchev–Trinajstić information content (AvgIpc) is 3.20. The van der Waals surface area contributed by atoms with Crippen LogP contribution in [-0.4, -0.2) is 25.4 Å². The Balaban J connectivity index is 1.21. The molecular weight excluding hydrogens is 486 g/mol. The Morgan fingerprint density at radius 3 is 2.11 bits per heavy atom. The lowest BCUT2D eigenvalue weighted by molar-refractivity contribution is 0.104. The molecule has 0 radical (unpaired) electrons. The van der Waals surface area contributed by atoms with Crippen LogP contribution in [0.3, 0.4) is 0 Å². The Morgan fingerprint density at radius 2 is 1.35 bits per heavy atom. The van der Waals surface area contributed by atoms with Gasteiger partial charge in [0.05, 0.1) is 22.8 Å². The van der Waals surface area contributed by atoms with Crippen LogP contribution in [0.15, 0.2) is 82.5 Å². The van der Waals surface area contributed by atoms with Crippen molar-refractivity contribution < 1.29 is 17.4 Å². The summed E-state index contributed by atoms with van der Waals surface area (Å²) in [4.78, 5) is 26.8. The zero-order chi connectivity index (χ0) is 26.0. The molecule has 37 heavy (non-hydrogen) atoms. The molecular formula is C30H29NO5S. The first kappa shape index (κ1) is 25.1. The molecule has 0 atom stereocenters. The fourth-order valence-corrected chi connectivity index (χ4v) is 5.93. The summed E-state index contributed by atoms with van der Waals surface area (Å²) in [6, 6.07) is 21.4. The average molecular weight is 516 g/mol. The summed E-state index contributed by atoms with van der Waals surface area (Å²) in [7, 11) is -3.73. The van der Waals surface area contributed by atoms with Crippen molar-refractivity contribution in [2.75, 3.05) is 6.61 Å². The number of pyridine rings is 1. The summed E-state index contributed by atoms with van der Waals surface area (Å²) in [5.41, 5.74) is 3.71. The Morgan fingerprint density at radius 1 is 0.730 bits per heavy atom. The number of aryl methyl sites for hydroxylation is 1. The van der Waals surface area contributed by atoms with Gasteiger partial charge in [0, 0.05) is 28.4 Å². The van der Waals surface area contributed by atoms with Gasteiger partial charge >= 0.3 is 0 Å². The molecule has 5 rings (SSSR count). The first-order valence-corrected chi connectivity index (χ1v) is 14.0. The molecule has 0 saturated heterocycles. The number of carbonyl (C=O) groups excluding carboxylic acids is 1. The maximum Gasteiger partial charge on any atom is 0.296 e. The first-order chi connectivity index (χ1) is 17.9. The second-order valence-electron chi connectivity index (χ2n) is 9.46. The monoisotopic (exact) mass is 515 g/mol. The van der Waals surface area contributed by atoms with E-state index in [1.165, 1.54) is 0 Å². The lowest BCUT2D eigenvalue weighted by Crippen LogP contribution is -2.23. The molecule has 1 aliphatic rings. The highest BCUT2D eigenvalue weighted by atomic mass is 32.2. The zero-order valence-electron chi connectivity index (χ0n) is 20.8. The molecule has 0 fully saturated rings. The van der Waals surface area contributed by atoms with Gasteiger partial charge in [0.1, 0.15) is 0 Å². The van der Waals surface area contributed by atoms with Crippen LogP contribution in [0.25, 0.3) is 22.0 Å². The second-order valence-corrected chi connectivity index (χ2v) is 11.1. The summed E-state index contributed by atoms with van der Waals surface area (Å²) in [6.45, 7) is 2.57. The number of aromatic nitrogens is 1. The minimum Gasteiger partial charge on any atom is -0.307 e. The number of carbonyl (C=O) groups is 1. The highest BCUT2D eigenvalue weighted by Crippen LogP contribution is 2.39. The van der Waals surface area contributed by atoms with E-state index in [4.69, 9.17) is 4.18 Å². The van der Waals surface area contributed by atoms with Gasteiger partial charge in [-0.25, -0.2) is 0 Å². The van der Waals surface area contributed by atoms with Crippen molar-refractivity contribution in [1.29, 1.82) is 0 Å². The van der Waals surface area contributed by atoms with E-state index in [2.05, 4.69) is 0 Å². The van der Waals surface area contributed by atoms with Crippen LogP contribution in [0.2, 0.25) is 0 Å². The van der Waals surface area contributed by atoms with Gasteiger partial charge in [-0.2, -0.15) is 8.42 Å². The molecule has 190 valence electrons. The quantitative estimate of drug-likeness (QED) is 0.171. The smallest absolute Gasteiger partial charge is 0.296 e. The molecule has 7 heteroatoms. The van der Waals surface area contributed by atoms with Crippen molar-refractivity contribution in [3.05, 3.63) is 99.8 Å². The number of rotatable bonds is 10. The summed E-state index contributed by atoms with van der Waals surface area (Å²) in [5, 5.41) is 1.27. The lowest BCUT2D eigenvalue weighted by atomic mass is 10.0. The van der Waals surface area contributed by atoms with Crippen molar-refractivity contribution in [3.8, 4) is 11.3 Å². The fraction of sp³-hybridized carbons (Fsp3) is 0.267. The number of hydrogen-bond acceptors (Lipinski definition) is 5. The van der Waals surface area contributed by atoms with Crippen molar-refractivity contribution in [2.45, 2.75) is 50.5 Å². The number of ketones is 1. The van der Waals surface area contributed by atoms with E-state index in [0.717, 1.165) is 42.5 Å². The molecule has 6 nitrogen and oxygen atoms in total. The fourth-order valence-electron chi connectivity index (χ4n) is 4.99. The number of nitrogens with zero attached hydrogens (tertiary/aromatic N) is 1. The minimum absolute atomic E-state index is 0.0314. The van der Waals surface area contributed by atoms with Gasteiger partial charge in [0.25, 0.3) is 15.7 Å². The van der Waals surface area contributed by atoms with Crippen LogP contribution < -0.4 is 5.56 Å². The SMILES string of the molecule is Cc1ccc(S(=O)(=O)OCCCCCCCn2c3c(c4ccccc4c2=O)C(=O)c2ccccc2-3)cc1. The van der Waals surface area contributed by atoms with Crippen LogP contribution in [0.1, 0.15) is 53.6 Å². The van der Waals surface area contributed by atoms with E-state index < -0.39 is 10.1 Å². The van der Waals surface area contributed by atoms with E-state index in [1.807, 2.05) is 49.4 Å². The van der Waals surface area contributed by atoms with Gasteiger partial charge in [-0.05, 0) is 38.0 Å². The molecule has 1 aromatic heterocycles. The molecule has 0 saturated carbocycles. The molecule has 4 aromatic rings. The van der Waals surface area contributed by atoms with Crippen LogP contribution in [-0.2, 0) is 20.8 Å². The summed E-state index contributed by atoms with van der Waals surface area (Å²) < 4.78 is 31.5. The van der Waals surface area contributed by atoms with Gasteiger partial charge in [-0.15, -0.1) is 0 Å². The maximum absolute atomic E-state index is 13.4. The highest BCUT2D eigenvalue weighted by Gasteiger charge is 2.32. The number of fused-ring (bicyclic) bond motifs is 5. The lowest BCUT2D eigenvalue weighted by Gasteiger charge is -2.15. The molecule has 0 N–H and O–H groups in total. The van der Waals surface area contributed by atoms with Gasteiger partial charge in [0.15, 0.2) is 5.78 Å². The van der Waals surface area contributed by atoms with E-state index in [-0.39, 0.29) is 22.8 Å². The van der Waals surface area contributed by atoms with Crippen LogP contribution in [0, 0.1) is 6.92 Å². The molecule has 3 aromatic carbocycles. The van der Waals surface area contributed by atoms with Crippen LogP contribution in [0.4, 0.5) is 0 Å². The standard InChI is InChI=1S/C30H29NO5S/c1-21-15-17-22(18-16-21)37(34,35)36-20-10-4-2-3-9-19-31-28-24-12-6-7-13-25(24)29(32)27(28)23-11-5-8-14-26(23)30(31)33/h5-8,11-18H,2-4,9-10,19-20H2,1H3. The molecule has 1 aliphatic carbocycles. The van der Waals surface area contributed by atoms with Crippen LogP contribution >= 0.6 is 0 Å². The predicted molar refractivity (Wildman–Crippen MR) is 144 cm³/mol. The number of unbranched alkanes of at least 4 members (excludes halogenated alkanes) is 4. The Hall–Kier alpha value is -3.55. The van der Waals surface area contributed by atoms with Crippen molar-refractivity contribution >= 4 is 26.7 Å².